The van der Waals surface area contributed by atoms with Gasteiger partial charge in [-0.25, -0.2) is 4.68 Å². The van der Waals surface area contributed by atoms with Crippen LogP contribution < -0.4 is 5.73 Å². The van der Waals surface area contributed by atoms with Crippen LogP contribution in [0.4, 0.5) is 0 Å². The Morgan fingerprint density at radius 1 is 1.31 bits per heavy atom. The average Bonchev–Trinajstić information content (AvgIpc) is 3.20. The monoisotopic (exact) mass is 353 g/mol. The minimum Gasteiger partial charge on any atom is -0.465 e. The van der Waals surface area contributed by atoms with Crippen molar-refractivity contribution in [2.75, 3.05) is 6.61 Å². The minimum atomic E-state index is -0.737. The van der Waals surface area contributed by atoms with Crippen LogP contribution in [-0.4, -0.2) is 38.2 Å². The average molecular weight is 353 g/mol. The fourth-order valence-electron chi connectivity index (χ4n) is 2.80. The van der Waals surface area contributed by atoms with Gasteiger partial charge in [0.25, 0.3) is 0 Å². The SMILES string of the molecule is CCOC(=O)C(N)Cc1cn(-c2ccccc2)nc1-c1cnn(C)c1C. The Hall–Kier alpha value is -2.93. The molecule has 1 aromatic carbocycles. The zero-order valence-electron chi connectivity index (χ0n) is 15.2. The van der Waals surface area contributed by atoms with Gasteiger partial charge in [0, 0.05) is 36.5 Å². The highest BCUT2D eigenvalue weighted by molar-refractivity contribution is 5.76. The lowest BCUT2D eigenvalue weighted by Crippen LogP contribution is -2.34. The van der Waals surface area contributed by atoms with Gasteiger partial charge in [-0.3, -0.25) is 9.48 Å². The number of ether oxygens (including phenoxy) is 1. The number of benzene rings is 1. The highest BCUT2D eigenvalue weighted by Gasteiger charge is 2.22. The van der Waals surface area contributed by atoms with Gasteiger partial charge in [-0.2, -0.15) is 10.2 Å². The molecule has 0 fully saturated rings. The van der Waals surface area contributed by atoms with E-state index in [4.69, 9.17) is 15.6 Å². The van der Waals surface area contributed by atoms with Crippen LogP contribution in [0.3, 0.4) is 0 Å². The van der Waals surface area contributed by atoms with Crippen LogP contribution in [0, 0.1) is 6.92 Å². The predicted octanol–water partition coefficient (Wildman–Crippen LogP) is 2.01. The molecule has 0 bridgehead atoms. The van der Waals surface area contributed by atoms with Crippen LogP contribution in [0.5, 0.6) is 0 Å². The van der Waals surface area contributed by atoms with E-state index in [9.17, 15) is 4.79 Å². The molecule has 0 aliphatic heterocycles. The van der Waals surface area contributed by atoms with E-state index in [-0.39, 0.29) is 0 Å². The topological polar surface area (TPSA) is 88.0 Å². The van der Waals surface area contributed by atoms with E-state index in [0.717, 1.165) is 28.2 Å². The number of aromatic nitrogens is 4. The molecule has 1 unspecified atom stereocenters. The Kier molecular flexibility index (Phi) is 5.18. The summed E-state index contributed by atoms with van der Waals surface area (Å²) < 4.78 is 8.63. The molecule has 3 rings (SSSR count). The van der Waals surface area contributed by atoms with Gasteiger partial charge in [0.15, 0.2) is 0 Å². The van der Waals surface area contributed by atoms with Crippen molar-refractivity contribution in [1.82, 2.24) is 19.6 Å². The second-order valence-corrected chi connectivity index (χ2v) is 6.11. The van der Waals surface area contributed by atoms with Crippen molar-refractivity contribution in [3.63, 3.8) is 0 Å². The number of carbonyl (C=O) groups is 1. The van der Waals surface area contributed by atoms with Gasteiger partial charge in [0.05, 0.1) is 24.2 Å². The van der Waals surface area contributed by atoms with E-state index in [2.05, 4.69) is 5.10 Å². The molecule has 1 atom stereocenters. The van der Waals surface area contributed by atoms with Crippen LogP contribution in [0.25, 0.3) is 16.9 Å². The summed E-state index contributed by atoms with van der Waals surface area (Å²) >= 11 is 0. The fourth-order valence-corrected chi connectivity index (χ4v) is 2.80. The fraction of sp³-hybridized carbons (Fsp3) is 0.316. The van der Waals surface area contributed by atoms with Gasteiger partial charge in [0.2, 0.25) is 0 Å². The molecule has 3 aromatic rings. The Bertz CT molecular complexity index is 898. The summed E-state index contributed by atoms with van der Waals surface area (Å²) in [7, 11) is 1.89. The van der Waals surface area contributed by atoms with E-state index in [1.54, 1.807) is 22.5 Å². The van der Waals surface area contributed by atoms with Gasteiger partial charge >= 0.3 is 5.97 Å². The maximum atomic E-state index is 12.0. The van der Waals surface area contributed by atoms with Crippen molar-refractivity contribution in [1.29, 1.82) is 0 Å². The van der Waals surface area contributed by atoms with Gasteiger partial charge in [-0.1, -0.05) is 18.2 Å². The van der Waals surface area contributed by atoms with Gasteiger partial charge in [0.1, 0.15) is 6.04 Å². The molecule has 0 spiro atoms. The standard InChI is InChI=1S/C19H23N5O2/c1-4-26-19(25)17(20)10-14-12-24(15-8-6-5-7-9-15)22-18(14)16-11-21-23(3)13(16)2/h5-9,11-12,17H,4,10,20H2,1-3H3. The predicted molar refractivity (Wildman–Crippen MR) is 98.8 cm³/mol. The lowest BCUT2D eigenvalue weighted by molar-refractivity contribution is -0.144. The molecule has 0 aliphatic carbocycles. The molecule has 7 nitrogen and oxygen atoms in total. The van der Waals surface area contributed by atoms with Crippen LogP contribution >= 0.6 is 0 Å². The minimum absolute atomic E-state index is 0.310. The summed E-state index contributed by atoms with van der Waals surface area (Å²) in [4.78, 5) is 12.0. The smallest absolute Gasteiger partial charge is 0.323 e. The molecule has 7 heteroatoms. The molecule has 0 saturated heterocycles. The first-order valence-electron chi connectivity index (χ1n) is 8.56. The molecule has 0 saturated carbocycles. The Balaban J connectivity index is 2.02. The van der Waals surface area contributed by atoms with Gasteiger partial charge in [-0.15, -0.1) is 0 Å². The third kappa shape index (κ3) is 3.52. The van der Waals surface area contributed by atoms with Crippen LogP contribution in [0.15, 0.2) is 42.7 Å². The summed E-state index contributed by atoms with van der Waals surface area (Å²) in [6.07, 6.45) is 4.04. The summed E-state index contributed by atoms with van der Waals surface area (Å²) in [6.45, 7) is 4.06. The quantitative estimate of drug-likeness (QED) is 0.685. The number of aryl methyl sites for hydroxylation is 1. The third-order valence-electron chi connectivity index (χ3n) is 4.33. The largest absolute Gasteiger partial charge is 0.465 e. The van der Waals surface area contributed by atoms with E-state index < -0.39 is 12.0 Å². The van der Waals surface area contributed by atoms with E-state index in [1.807, 2.05) is 50.5 Å². The maximum absolute atomic E-state index is 12.0. The normalized spacial score (nSPS) is 12.2. The summed E-state index contributed by atoms with van der Waals surface area (Å²) in [5.74, 6) is -0.409. The molecular weight excluding hydrogens is 330 g/mol. The maximum Gasteiger partial charge on any atom is 0.323 e. The number of hydrogen-bond donors (Lipinski definition) is 1. The van der Waals surface area contributed by atoms with Gasteiger partial charge in [-0.05, 0) is 26.0 Å². The van der Waals surface area contributed by atoms with Gasteiger partial charge < -0.3 is 10.5 Å². The second-order valence-electron chi connectivity index (χ2n) is 6.11. The number of carbonyl (C=O) groups excluding carboxylic acids is 1. The first-order valence-corrected chi connectivity index (χ1v) is 8.56. The number of nitrogens with two attached hydrogens (primary N) is 1. The Labute approximate surface area is 152 Å². The highest BCUT2D eigenvalue weighted by atomic mass is 16.5. The first-order chi connectivity index (χ1) is 12.5. The Morgan fingerprint density at radius 3 is 2.65 bits per heavy atom. The third-order valence-corrected chi connectivity index (χ3v) is 4.33. The highest BCUT2D eigenvalue weighted by Crippen LogP contribution is 2.27. The number of hydrogen-bond acceptors (Lipinski definition) is 5. The van der Waals surface area contributed by atoms with Crippen molar-refractivity contribution in [2.24, 2.45) is 12.8 Å². The molecule has 0 amide bonds. The lowest BCUT2D eigenvalue weighted by Gasteiger charge is -2.10. The number of para-hydroxylation sites is 1. The van der Waals surface area contributed by atoms with E-state index in [0.29, 0.717) is 13.0 Å². The molecule has 2 heterocycles. The molecule has 2 N–H and O–H groups in total. The van der Waals surface area contributed by atoms with Crippen LogP contribution in [0.1, 0.15) is 18.2 Å². The number of rotatable bonds is 6. The second kappa shape index (κ2) is 7.53. The Morgan fingerprint density at radius 2 is 2.04 bits per heavy atom. The molecule has 26 heavy (non-hydrogen) atoms. The van der Waals surface area contributed by atoms with Crippen molar-refractivity contribution in [3.05, 3.63) is 54.0 Å². The lowest BCUT2D eigenvalue weighted by atomic mass is 10.0. The van der Waals surface area contributed by atoms with E-state index in [1.165, 1.54) is 0 Å². The van der Waals surface area contributed by atoms with Crippen molar-refractivity contribution in [3.8, 4) is 16.9 Å². The zero-order chi connectivity index (χ0) is 18.7. The van der Waals surface area contributed by atoms with Crippen LogP contribution in [-0.2, 0) is 23.0 Å². The van der Waals surface area contributed by atoms with E-state index >= 15 is 0 Å². The van der Waals surface area contributed by atoms with Crippen molar-refractivity contribution in [2.45, 2.75) is 26.3 Å². The van der Waals surface area contributed by atoms with Crippen LogP contribution in [0.2, 0.25) is 0 Å². The first kappa shape index (κ1) is 17.9. The summed E-state index contributed by atoms with van der Waals surface area (Å²) in [5, 5.41) is 9.04. The molecule has 136 valence electrons. The van der Waals surface area contributed by atoms with Crippen molar-refractivity contribution < 1.29 is 9.53 Å². The summed E-state index contributed by atoms with van der Waals surface area (Å²) in [6, 6.07) is 9.08. The molecule has 2 aromatic heterocycles. The molecule has 0 aliphatic rings. The summed E-state index contributed by atoms with van der Waals surface area (Å²) in [5.41, 5.74) is 10.6. The molecular formula is C19H23N5O2. The zero-order valence-corrected chi connectivity index (χ0v) is 15.2. The van der Waals surface area contributed by atoms with Crippen molar-refractivity contribution >= 4 is 5.97 Å². The molecule has 0 radical (unpaired) electrons. The number of esters is 1. The number of nitrogens with zero attached hydrogens (tertiary/aromatic N) is 4.